The number of carbonyl (C=O) groups is 3. The first-order valence-electron chi connectivity index (χ1n) is 7.19. The number of fused-ring (bicyclic) bond motifs is 2. The molecular weight excluding hydrogens is 276 g/mol. The SMILES string of the molecule is CC1(C)CC1C(=O)NNC(=O)[C@@H]1CC[C@@H]2CN1C(=O)N2O. The Hall–Kier alpha value is -1.83. The van der Waals surface area contributed by atoms with Crippen LogP contribution < -0.4 is 10.9 Å². The number of urea groups is 1. The van der Waals surface area contributed by atoms with Crippen molar-refractivity contribution in [1.29, 1.82) is 0 Å². The summed E-state index contributed by atoms with van der Waals surface area (Å²) >= 11 is 0. The van der Waals surface area contributed by atoms with Crippen molar-refractivity contribution >= 4 is 17.8 Å². The molecule has 1 saturated carbocycles. The van der Waals surface area contributed by atoms with Crippen molar-refractivity contribution in [1.82, 2.24) is 20.8 Å². The van der Waals surface area contributed by atoms with Crippen LogP contribution in [0.1, 0.15) is 33.1 Å². The van der Waals surface area contributed by atoms with E-state index in [1.165, 1.54) is 4.90 Å². The Morgan fingerprint density at radius 2 is 1.86 bits per heavy atom. The summed E-state index contributed by atoms with van der Waals surface area (Å²) in [6, 6.07) is -1.42. The van der Waals surface area contributed by atoms with E-state index in [9.17, 15) is 19.6 Å². The van der Waals surface area contributed by atoms with Gasteiger partial charge in [0.15, 0.2) is 0 Å². The first kappa shape index (κ1) is 14.1. The zero-order valence-corrected chi connectivity index (χ0v) is 12.1. The summed E-state index contributed by atoms with van der Waals surface area (Å²) in [5.74, 6) is -0.683. The number of rotatable bonds is 2. The number of nitrogens with one attached hydrogen (secondary N) is 2. The predicted molar refractivity (Wildman–Crippen MR) is 70.7 cm³/mol. The van der Waals surface area contributed by atoms with Gasteiger partial charge in [0.2, 0.25) is 5.91 Å². The van der Waals surface area contributed by atoms with Crippen LogP contribution in [0.4, 0.5) is 4.79 Å². The molecule has 116 valence electrons. The average Bonchev–Trinajstić information content (AvgIpc) is 3.05. The maximum atomic E-state index is 12.1. The van der Waals surface area contributed by atoms with E-state index in [4.69, 9.17) is 0 Å². The lowest BCUT2D eigenvalue weighted by Crippen LogP contribution is -2.54. The summed E-state index contributed by atoms with van der Waals surface area (Å²) in [5.41, 5.74) is 4.82. The van der Waals surface area contributed by atoms with E-state index in [1.54, 1.807) is 0 Å². The number of nitrogens with zero attached hydrogens (tertiary/aromatic N) is 2. The highest BCUT2D eigenvalue weighted by molar-refractivity contribution is 5.90. The number of carbonyl (C=O) groups excluding carboxylic acids is 3. The van der Waals surface area contributed by atoms with E-state index in [-0.39, 0.29) is 23.3 Å². The molecule has 3 atom stereocenters. The van der Waals surface area contributed by atoms with E-state index in [1.807, 2.05) is 13.8 Å². The summed E-state index contributed by atoms with van der Waals surface area (Å²) in [6.45, 7) is 4.34. The molecule has 8 heteroatoms. The van der Waals surface area contributed by atoms with Crippen molar-refractivity contribution in [3.05, 3.63) is 0 Å². The second-order valence-corrected chi connectivity index (χ2v) is 6.75. The maximum Gasteiger partial charge on any atom is 0.344 e. The third-order valence-corrected chi connectivity index (χ3v) is 4.79. The van der Waals surface area contributed by atoms with Gasteiger partial charge in [-0.15, -0.1) is 0 Å². The van der Waals surface area contributed by atoms with Gasteiger partial charge < -0.3 is 4.90 Å². The van der Waals surface area contributed by atoms with Gasteiger partial charge in [0.25, 0.3) is 5.91 Å². The van der Waals surface area contributed by atoms with E-state index < -0.39 is 18.0 Å². The Kier molecular flexibility index (Phi) is 3.09. The molecule has 3 N–H and O–H groups in total. The molecule has 8 nitrogen and oxygen atoms in total. The van der Waals surface area contributed by atoms with Crippen LogP contribution in [0.25, 0.3) is 0 Å². The minimum Gasteiger partial charge on any atom is -0.309 e. The van der Waals surface area contributed by atoms with Crippen molar-refractivity contribution in [2.45, 2.75) is 45.2 Å². The standard InChI is InChI=1S/C13H20N4O4/c1-13(2)5-8(13)10(18)14-15-11(19)9-4-3-7-6-16(9)12(20)17(7)21/h7-9,21H,3-6H2,1-2H3,(H,14,18)(H,15,19)/t7-,8?,9+/m1/s1. The highest BCUT2D eigenvalue weighted by atomic mass is 16.5. The van der Waals surface area contributed by atoms with Crippen LogP contribution in [0.5, 0.6) is 0 Å². The van der Waals surface area contributed by atoms with Gasteiger partial charge in [0.1, 0.15) is 6.04 Å². The Balaban J connectivity index is 1.54. The topological polar surface area (TPSA) is 102 Å². The van der Waals surface area contributed by atoms with Crippen LogP contribution in [-0.2, 0) is 9.59 Å². The highest BCUT2D eigenvalue weighted by Crippen LogP contribution is 2.51. The Morgan fingerprint density at radius 1 is 1.24 bits per heavy atom. The van der Waals surface area contributed by atoms with Crippen LogP contribution in [-0.4, -0.2) is 51.6 Å². The molecule has 2 saturated heterocycles. The molecule has 1 unspecified atom stereocenters. The van der Waals surface area contributed by atoms with Crippen LogP contribution in [0, 0.1) is 11.3 Å². The van der Waals surface area contributed by atoms with E-state index in [2.05, 4.69) is 10.9 Å². The van der Waals surface area contributed by atoms with Crippen molar-refractivity contribution < 1.29 is 19.6 Å². The van der Waals surface area contributed by atoms with E-state index in [0.29, 0.717) is 24.4 Å². The molecule has 3 aliphatic rings. The fraction of sp³-hybridized carbons (Fsp3) is 0.769. The molecule has 2 aliphatic heterocycles. The molecule has 0 aromatic rings. The lowest BCUT2D eigenvalue weighted by molar-refractivity contribution is -0.132. The molecule has 2 heterocycles. The summed E-state index contributed by atoms with van der Waals surface area (Å²) in [4.78, 5) is 37.1. The Bertz CT molecular complexity index is 506. The molecule has 0 aromatic heterocycles. The lowest BCUT2D eigenvalue weighted by Gasteiger charge is -2.29. The number of amides is 4. The van der Waals surface area contributed by atoms with Crippen molar-refractivity contribution in [3.8, 4) is 0 Å². The number of hydrogen-bond donors (Lipinski definition) is 3. The molecule has 0 radical (unpaired) electrons. The van der Waals surface area contributed by atoms with Crippen molar-refractivity contribution in [2.24, 2.45) is 11.3 Å². The second-order valence-electron chi connectivity index (χ2n) is 6.75. The number of hydrazine groups is 1. The molecule has 0 aromatic carbocycles. The van der Waals surface area contributed by atoms with Gasteiger partial charge in [0, 0.05) is 12.5 Å². The highest BCUT2D eigenvalue weighted by Gasteiger charge is 2.51. The summed E-state index contributed by atoms with van der Waals surface area (Å²) in [7, 11) is 0. The molecular formula is C13H20N4O4. The predicted octanol–water partition coefficient (Wildman–Crippen LogP) is -0.162. The average molecular weight is 296 g/mol. The van der Waals surface area contributed by atoms with Gasteiger partial charge in [-0.3, -0.25) is 25.6 Å². The van der Waals surface area contributed by atoms with Crippen LogP contribution in [0.15, 0.2) is 0 Å². The first-order valence-corrected chi connectivity index (χ1v) is 7.19. The van der Waals surface area contributed by atoms with Crippen LogP contribution in [0.3, 0.4) is 0 Å². The third kappa shape index (κ3) is 2.33. The fourth-order valence-corrected chi connectivity index (χ4v) is 3.13. The molecule has 1 aliphatic carbocycles. The van der Waals surface area contributed by atoms with Gasteiger partial charge in [0.05, 0.1) is 6.04 Å². The van der Waals surface area contributed by atoms with Crippen LogP contribution in [0.2, 0.25) is 0 Å². The van der Waals surface area contributed by atoms with Gasteiger partial charge in [-0.05, 0) is 24.7 Å². The third-order valence-electron chi connectivity index (χ3n) is 4.79. The molecule has 4 amide bonds. The molecule has 3 rings (SSSR count). The summed E-state index contributed by atoms with van der Waals surface area (Å²) < 4.78 is 0. The zero-order valence-electron chi connectivity index (χ0n) is 12.1. The maximum absolute atomic E-state index is 12.1. The molecule has 21 heavy (non-hydrogen) atoms. The summed E-state index contributed by atoms with van der Waals surface area (Å²) in [5, 5.41) is 10.3. The van der Waals surface area contributed by atoms with Gasteiger partial charge in [-0.1, -0.05) is 13.8 Å². The second kappa shape index (κ2) is 4.59. The van der Waals surface area contributed by atoms with Gasteiger partial charge in [-0.2, -0.15) is 0 Å². The Labute approximate surface area is 122 Å². The zero-order chi connectivity index (χ0) is 15.4. The smallest absolute Gasteiger partial charge is 0.309 e. The molecule has 2 bridgehead atoms. The quantitative estimate of drug-likeness (QED) is 0.486. The largest absolute Gasteiger partial charge is 0.344 e. The lowest BCUT2D eigenvalue weighted by atomic mass is 10.0. The number of hydroxylamine groups is 2. The van der Waals surface area contributed by atoms with Crippen molar-refractivity contribution in [3.63, 3.8) is 0 Å². The minimum atomic E-state index is -0.640. The van der Waals surface area contributed by atoms with Gasteiger partial charge in [-0.25, -0.2) is 9.86 Å². The monoisotopic (exact) mass is 296 g/mol. The summed E-state index contributed by atoms with van der Waals surface area (Å²) in [6.07, 6.45) is 1.86. The molecule has 3 fully saturated rings. The first-order chi connectivity index (χ1) is 9.81. The van der Waals surface area contributed by atoms with E-state index >= 15 is 0 Å². The Morgan fingerprint density at radius 3 is 2.48 bits per heavy atom. The molecule has 0 spiro atoms. The van der Waals surface area contributed by atoms with Crippen LogP contribution >= 0.6 is 0 Å². The van der Waals surface area contributed by atoms with Crippen molar-refractivity contribution in [2.75, 3.05) is 6.54 Å². The number of piperidine rings is 1. The fourth-order valence-electron chi connectivity index (χ4n) is 3.13. The number of hydrogen-bond acceptors (Lipinski definition) is 4. The normalized spacial score (nSPS) is 32.9. The van der Waals surface area contributed by atoms with E-state index in [0.717, 1.165) is 6.42 Å². The van der Waals surface area contributed by atoms with Gasteiger partial charge >= 0.3 is 6.03 Å². The minimum absolute atomic E-state index is 0.00478.